The number of nitrogens with zero attached hydrogens (tertiary/aromatic N) is 3. The van der Waals surface area contributed by atoms with Gasteiger partial charge in [0.25, 0.3) is 0 Å². The molecule has 4 heteroatoms. The zero-order valence-electron chi connectivity index (χ0n) is 12.7. The number of aryl methyl sites for hydroxylation is 1. The Morgan fingerprint density at radius 1 is 1.24 bits per heavy atom. The minimum absolute atomic E-state index is 0.581. The first kappa shape index (κ1) is 14.3. The number of aromatic nitrogens is 2. The van der Waals surface area contributed by atoms with E-state index in [2.05, 4.69) is 51.7 Å². The maximum absolute atomic E-state index is 4.22. The second-order valence-corrected chi connectivity index (χ2v) is 5.89. The molecule has 4 nitrogen and oxygen atoms in total. The van der Waals surface area contributed by atoms with Crippen LogP contribution in [0.15, 0.2) is 42.6 Å². The van der Waals surface area contributed by atoms with Gasteiger partial charge in [0.15, 0.2) is 0 Å². The van der Waals surface area contributed by atoms with Crippen LogP contribution in [0.3, 0.4) is 0 Å². The summed E-state index contributed by atoms with van der Waals surface area (Å²) in [5.41, 5.74) is 2.65. The van der Waals surface area contributed by atoms with Gasteiger partial charge in [-0.2, -0.15) is 5.10 Å². The Labute approximate surface area is 126 Å². The topological polar surface area (TPSA) is 33.1 Å². The third-order valence-electron chi connectivity index (χ3n) is 4.25. The Bertz CT molecular complexity index is 549. The van der Waals surface area contributed by atoms with Crippen LogP contribution in [0.4, 0.5) is 0 Å². The van der Waals surface area contributed by atoms with Crippen LogP contribution in [0, 0.1) is 0 Å². The summed E-state index contributed by atoms with van der Waals surface area (Å²) in [6.07, 6.45) is 4.40. The SMILES string of the molecule is Cn1nccc1CNC1CCCN(Cc2ccccc2)C1. The first-order chi connectivity index (χ1) is 10.3. The molecule has 0 bridgehead atoms. The van der Waals surface area contributed by atoms with Gasteiger partial charge in [0.05, 0.1) is 5.69 Å². The Morgan fingerprint density at radius 3 is 2.86 bits per heavy atom. The van der Waals surface area contributed by atoms with Crippen molar-refractivity contribution in [3.8, 4) is 0 Å². The van der Waals surface area contributed by atoms with Gasteiger partial charge < -0.3 is 5.32 Å². The molecule has 1 aromatic heterocycles. The molecule has 1 saturated heterocycles. The third kappa shape index (κ3) is 3.93. The number of hydrogen-bond donors (Lipinski definition) is 1. The van der Waals surface area contributed by atoms with Gasteiger partial charge in [-0.15, -0.1) is 0 Å². The van der Waals surface area contributed by atoms with Crippen LogP contribution in [-0.4, -0.2) is 33.8 Å². The number of benzene rings is 1. The van der Waals surface area contributed by atoms with Crippen molar-refractivity contribution in [2.75, 3.05) is 13.1 Å². The van der Waals surface area contributed by atoms with Crippen LogP contribution in [0.25, 0.3) is 0 Å². The molecule has 1 atom stereocenters. The molecule has 1 unspecified atom stereocenters. The summed E-state index contributed by atoms with van der Waals surface area (Å²) in [6.45, 7) is 4.30. The number of likely N-dealkylation sites (tertiary alicyclic amines) is 1. The molecule has 112 valence electrons. The number of nitrogens with one attached hydrogen (secondary N) is 1. The lowest BCUT2D eigenvalue weighted by molar-refractivity contribution is 0.182. The number of hydrogen-bond acceptors (Lipinski definition) is 3. The maximum Gasteiger partial charge on any atom is 0.0518 e. The molecular formula is C17H24N4. The summed E-state index contributed by atoms with van der Waals surface area (Å²) in [5, 5.41) is 7.90. The first-order valence-corrected chi connectivity index (χ1v) is 7.78. The van der Waals surface area contributed by atoms with Crippen LogP contribution in [0.2, 0.25) is 0 Å². The van der Waals surface area contributed by atoms with Crippen LogP contribution in [0.5, 0.6) is 0 Å². The summed E-state index contributed by atoms with van der Waals surface area (Å²) >= 11 is 0. The average molecular weight is 284 g/mol. The molecule has 0 radical (unpaired) electrons. The number of piperidine rings is 1. The van der Waals surface area contributed by atoms with E-state index in [1.165, 1.54) is 30.6 Å². The Kier molecular flexibility index (Phi) is 4.68. The number of rotatable bonds is 5. The minimum atomic E-state index is 0.581. The molecule has 1 fully saturated rings. The van der Waals surface area contributed by atoms with E-state index in [1.807, 2.05) is 17.9 Å². The lowest BCUT2D eigenvalue weighted by Crippen LogP contribution is -2.45. The van der Waals surface area contributed by atoms with Crippen LogP contribution >= 0.6 is 0 Å². The van der Waals surface area contributed by atoms with Crippen molar-refractivity contribution in [1.82, 2.24) is 20.0 Å². The first-order valence-electron chi connectivity index (χ1n) is 7.78. The van der Waals surface area contributed by atoms with E-state index < -0.39 is 0 Å². The summed E-state index contributed by atoms with van der Waals surface area (Å²) in [6, 6.07) is 13.4. The van der Waals surface area contributed by atoms with Crippen LogP contribution in [0.1, 0.15) is 24.1 Å². The minimum Gasteiger partial charge on any atom is -0.307 e. The van der Waals surface area contributed by atoms with Crippen molar-refractivity contribution in [1.29, 1.82) is 0 Å². The standard InChI is InChI=1S/C17H24N4/c1-20-17(9-10-19-20)12-18-16-8-5-11-21(14-16)13-15-6-3-2-4-7-15/h2-4,6-7,9-10,16,18H,5,8,11-14H2,1H3. The second-order valence-electron chi connectivity index (χ2n) is 5.89. The molecule has 0 aliphatic carbocycles. The highest BCUT2D eigenvalue weighted by Crippen LogP contribution is 2.14. The molecule has 2 aromatic rings. The monoisotopic (exact) mass is 284 g/mol. The predicted octanol–water partition coefficient (Wildman–Crippen LogP) is 2.17. The summed E-state index contributed by atoms with van der Waals surface area (Å²) < 4.78 is 1.94. The van der Waals surface area contributed by atoms with Crippen molar-refractivity contribution >= 4 is 0 Å². The third-order valence-corrected chi connectivity index (χ3v) is 4.25. The van der Waals surface area contributed by atoms with Gasteiger partial charge in [0.1, 0.15) is 0 Å². The maximum atomic E-state index is 4.22. The van der Waals surface area contributed by atoms with E-state index in [1.54, 1.807) is 0 Å². The Balaban J connectivity index is 1.50. The van der Waals surface area contributed by atoms with Crippen LogP contribution < -0.4 is 5.32 Å². The fourth-order valence-corrected chi connectivity index (χ4v) is 3.03. The quantitative estimate of drug-likeness (QED) is 0.913. The van der Waals surface area contributed by atoms with Crippen molar-refractivity contribution in [2.24, 2.45) is 7.05 Å². The van der Waals surface area contributed by atoms with E-state index in [9.17, 15) is 0 Å². The largest absolute Gasteiger partial charge is 0.307 e. The molecular weight excluding hydrogens is 260 g/mol. The molecule has 2 heterocycles. The van der Waals surface area contributed by atoms with Gasteiger partial charge in [-0.05, 0) is 31.0 Å². The van der Waals surface area contributed by atoms with Gasteiger partial charge in [-0.25, -0.2) is 0 Å². The second kappa shape index (κ2) is 6.87. The highest BCUT2D eigenvalue weighted by molar-refractivity contribution is 5.14. The summed E-state index contributed by atoms with van der Waals surface area (Å²) in [5.74, 6) is 0. The van der Waals surface area contributed by atoms with Crippen molar-refractivity contribution in [3.05, 3.63) is 53.9 Å². The highest BCUT2D eigenvalue weighted by atomic mass is 15.3. The van der Waals surface area contributed by atoms with E-state index in [4.69, 9.17) is 0 Å². The molecule has 0 amide bonds. The molecule has 0 spiro atoms. The Morgan fingerprint density at radius 2 is 2.10 bits per heavy atom. The van der Waals surface area contributed by atoms with Gasteiger partial charge in [-0.3, -0.25) is 9.58 Å². The fraction of sp³-hybridized carbons (Fsp3) is 0.471. The van der Waals surface area contributed by atoms with Gasteiger partial charge in [-0.1, -0.05) is 30.3 Å². The lowest BCUT2D eigenvalue weighted by Gasteiger charge is -2.33. The highest BCUT2D eigenvalue weighted by Gasteiger charge is 2.19. The smallest absolute Gasteiger partial charge is 0.0518 e. The molecule has 1 aromatic carbocycles. The van der Waals surface area contributed by atoms with Crippen molar-refractivity contribution in [3.63, 3.8) is 0 Å². The van der Waals surface area contributed by atoms with Crippen LogP contribution in [-0.2, 0) is 20.1 Å². The molecule has 1 aliphatic heterocycles. The zero-order valence-corrected chi connectivity index (χ0v) is 12.7. The van der Waals surface area contributed by atoms with E-state index in [-0.39, 0.29) is 0 Å². The van der Waals surface area contributed by atoms with Gasteiger partial charge in [0, 0.05) is 38.9 Å². The van der Waals surface area contributed by atoms with E-state index >= 15 is 0 Å². The molecule has 3 rings (SSSR count). The molecule has 21 heavy (non-hydrogen) atoms. The van der Waals surface area contributed by atoms with Gasteiger partial charge in [0.2, 0.25) is 0 Å². The zero-order chi connectivity index (χ0) is 14.5. The average Bonchev–Trinajstić information content (AvgIpc) is 2.92. The van der Waals surface area contributed by atoms with E-state index in [0.717, 1.165) is 19.6 Å². The van der Waals surface area contributed by atoms with Gasteiger partial charge >= 0.3 is 0 Å². The molecule has 0 saturated carbocycles. The Hall–Kier alpha value is -1.65. The lowest BCUT2D eigenvalue weighted by atomic mass is 10.0. The fourth-order valence-electron chi connectivity index (χ4n) is 3.03. The normalized spacial score (nSPS) is 19.8. The van der Waals surface area contributed by atoms with Crippen molar-refractivity contribution in [2.45, 2.75) is 32.0 Å². The van der Waals surface area contributed by atoms with Crippen molar-refractivity contribution < 1.29 is 0 Å². The molecule has 1 aliphatic rings. The predicted molar refractivity (Wildman–Crippen MR) is 84.8 cm³/mol. The summed E-state index contributed by atoms with van der Waals surface area (Å²) in [4.78, 5) is 2.56. The molecule has 1 N–H and O–H groups in total. The summed E-state index contributed by atoms with van der Waals surface area (Å²) in [7, 11) is 2.00. The van der Waals surface area contributed by atoms with E-state index in [0.29, 0.717) is 6.04 Å².